The third kappa shape index (κ3) is 6.76. The molecule has 30 heavy (non-hydrogen) atoms. The lowest BCUT2D eigenvalue weighted by atomic mass is 9.97. The van der Waals surface area contributed by atoms with Gasteiger partial charge in [-0.05, 0) is 37.5 Å². The summed E-state index contributed by atoms with van der Waals surface area (Å²) in [5.74, 6) is -1.73. The number of nitrogens with zero attached hydrogens (tertiary/aromatic N) is 2. The van der Waals surface area contributed by atoms with E-state index >= 15 is 0 Å². The lowest BCUT2D eigenvalue weighted by molar-refractivity contribution is -0.0686. The molecule has 178 valence electrons. The molecule has 0 saturated carbocycles. The fourth-order valence-electron chi connectivity index (χ4n) is 4.42. The summed E-state index contributed by atoms with van der Waals surface area (Å²) in [6.45, 7) is 1.08. The van der Waals surface area contributed by atoms with Gasteiger partial charge in [0.1, 0.15) is 0 Å². The molecule has 8 N–H and O–H groups in total. The maximum absolute atomic E-state index is 11.6. The van der Waals surface area contributed by atoms with Crippen LogP contribution in [-0.2, 0) is 18.3 Å². The molecule has 0 unspecified atom stereocenters. The second kappa shape index (κ2) is 9.41. The molecule has 2 aliphatic heterocycles. The molecule has 0 radical (unpaired) electrons. The Morgan fingerprint density at radius 2 is 0.700 bits per heavy atom. The van der Waals surface area contributed by atoms with Crippen LogP contribution in [0.2, 0.25) is 0 Å². The van der Waals surface area contributed by atoms with Gasteiger partial charge in [0.25, 0.3) is 0 Å². The zero-order valence-electron chi connectivity index (χ0n) is 15.9. The largest absolute Gasteiger partial charge is 0.340 e. The Bertz CT molecular complexity index is 675. The molecule has 14 nitrogen and oxygen atoms in total. The first-order valence-corrected chi connectivity index (χ1v) is 15.9. The Balaban J connectivity index is 1.98. The summed E-state index contributed by atoms with van der Waals surface area (Å²) in [6.07, 6.45) is 0.533. The van der Waals surface area contributed by atoms with Crippen LogP contribution >= 0.6 is 30.4 Å². The Morgan fingerprint density at radius 3 is 0.867 bits per heavy atom. The van der Waals surface area contributed by atoms with Crippen molar-refractivity contribution in [3.8, 4) is 0 Å². The van der Waals surface area contributed by atoms with Gasteiger partial charge in [-0.1, -0.05) is 0 Å². The van der Waals surface area contributed by atoms with E-state index in [0.717, 1.165) is 0 Å². The Kier molecular flexibility index (Phi) is 8.39. The zero-order valence-corrected chi connectivity index (χ0v) is 19.4. The van der Waals surface area contributed by atoms with Gasteiger partial charge in [-0.2, -0.15) is 0 Å². The van der Waals surface area contributed by atoms with Gasteiger partial charge in [-0.3, -0.25) is 18.3 Å². The minimum atomic E-state index is -5.01. The highest BCUT2D eigenvalue weighted by molar-refractivity contribution is 7.71. The standard InChI is InChI=1S/C12H28N2O12P4/c15-27(16,17)11(28(18,19)20)9-1-5-13(6-2-9)14-7-3-10(4-8-14)12(29(21,22)23)30(24,25)26/h9-12H,1-8H2,(H2,15,16,17)(H2,18,19,20)(H2,21,22,23)(H2,24,25,26). The quantitative estimate of drug-likeness (QED) is 0.203. The van der Waals surface area contributed by atoms with Gasteiger partial charge >= 0.3 is 30.4 Å². The first kappa shape index (κ1) is 26.8. The molecule has 18 heteroatoms. The van der Waals surface area contributed by atoms with Gasteiger partial charge in [0.15, 0.2) is 10.8 Å². The van der Waals surface area contributed by atoms with Crippen LogP contribution in [0.25, 0.3) is 0 Å². The molecule has 0 spiro atoms. The molecular weight excluding hydrogens is 488 g/mol. The summed E-state index contributed by atoms with van der Waals surface area (Å²) in [5.41, 5.74) is 0. The van der Waals surface area contributed by atoms with Crippen molar-refractivity contribution < 1.29 is 57.4 Å². The van der Waals surface area contributed by atoms with Crippen molar-refractivity contribution in [3.05, 3.63) is 0 Å². The number of hydrogen-bond acceptors (Lipinski definition) is 6. The van der Waals surface area contributed by atoms with Gasteiger partial charge in [-0.25, -0.2) is 10.0 Å². The average molecular weight is 516 g/mol. The molecule has 0 aromatic carbocycles. The van der Waals surface area contributed by atoms with E-state index in [2.05, 4.69) is 0 Å². The van der Waals surface area contributed by atoms with Crippen molar-refractivity contribution in [1.29, 1.82) is 0 Å². The van der Waals surface area contributed by atoms with Crippen LogP contribution in [0.15, 0.2) is 0 Å². The van der Waals surface area contributed by atoms with E-state index in [1.54, 1.807) is 0 Å². The molecule has 2 heterocycles. The van der Waals surface area contributed by atoms with Crippen LogP contribution in [-0.4, -0.2) is 86.1 Å². The molecule has 2 aliphatic rings. The predicted molar refractivity (Wildman–Crippen MR) is 104 cm³/mol. The van der Waals surface area contributed by atoms with Crippen LogP contribution in [0.1, 0.15) is 25.7 Å². The zero-order chi connectivity index (χ0) is 23.1. The topological polar surface area (TPSA) is 237 Å². The highest BCUT2D eigenvalue weighted by Crippen LogP contribution is 2.65. The highest BCUT2D eigenvalue weighted by Gasteiger charge is 2.51. The molecule has 0 bridgehead atoms. The van der Waals surface area contributed by atoms with E-state index in [1.165, 1.54) is 0 Å². The van der Waals surface area contributed by atoms with Crippen LogP contribution < -0.4 is 0 Å². The summed E-state index contributed by atoms with van der Waals surface area (Å²) >= 11 is 0. The summed E-state index contributed by atoms with van der Waals surface area (Å²) in [4.78, 5) is 74.9. The molecule has 0 aromatic rings. The van der Waals surface area contributed by atoms with Crippen molar-refractivity contribution in [3.63, 3.8) is 0 Å². The molecular formula is C12H28N2O12P4. The SMILES string of the molecule is O=P(O)(O)C(C1CCN(N2CCC(C(P(=O)(O)O)P(=O)(O)O)CC2)CC1)P(=O)(O)O. The van der Waals surface area contributed by atoms with E-state index in [4.69, 9.17) is 0 Å². The van der Waals surface area contributed by atoms with Gasteiger partial charge in [-0.15, -0.1) is 0 Å². The normalized spacial score (nSPS) is 22.9. The monoisotopic (exact) mass is 516 g/mol. The summed E-state index contributed by atoms with van der Waals surface area (Å²) < 4.78 is 46.3. The minimum Gasteiger partial charge on any atom is -0.324 e. The lowest BCUT2D eigenvalue weighted by Crippen LogP contribution is -2.51. The smallest absolute Gasteiger partial charge is 0.324 e. The third-order valence-electron chi connectivity index (χ3n) is 5.65. The maximum Gasteiger partial charge on any atom is 0.340 e. The molecule has 0 atom stereocenters. The molecule has 2 rings (SSSR count). The Morgan fingerprint density at radius 1 is 0.500 bits per heavy atom. The average Bonchev–Trinajstić information content (AvgIpc) is 2.51. The lowest BCUT2D eigenvalue weighted by Gasteiger charge is -2.45. The number of hydrazine groups is 1. The number of piperidine rings is 2. The second-order valence-corrected chi connectivity index (χ2v) is 15.5. The Labute approximate surface area is 172 Å². The Hall–Kier alpha value is 0.520. The molecule has 2 fully saturated rings. The minimum absolute atomic E-state index is 0.133. The van der Waals surface area contributed by atoms with E-state index in [0.29, 0.717) is 0 Å². The third-order valence-corrected chi connectivity index (χ3v) is 13.7. The predicted octanol–water partition coefficient (Wildman–Crippen LogP) is -0.312. The van der Waals surface area contributed by atoms with Crippen molar-refractivity contribution in [2.24, 2.45) is 11.8 Å². The molecule has 0 amide bonds. The van der Waals surface area contributed by atoms with E-state index in [-0.39, 0.29) is 51.9 Å². The number of hydrogen-bond donors (Lipinski definition) is 8. The fraction of sp³-hybridized carbons (Fsp3) is 1.00. The summed E-state index contributed by atoms with van der Waals surface area (Å²) in [5, 5.41) is -0.449. The summed E-state index contributed by atoms with van der Waals surface area (Å²) in [6, 6.07) is 0. The van der Waals surface area contributed by atoms with Crippen LogP contribution in [0, 0.1) is 11.8 Å². The highest BCUT2D eigenvalue weighted by atomic mass is 31.2. The maximum atomic E-state index is 11.6. The summed E-state index contributed by atoms with van der Waals surface area (Å²) in [7, 11) is -20.0. The first-order chi connectivity index (χ1) is 13.4. The molecule has 0 aromatic heterocycles. The van der Waals surface area contributed by atoms with Gasteiger partial charge in [0, 0.05) is 26.2 Å². The van der Waals surface area contributed by atoms with Gasteiger partial charge < -0.3 is 39.1 Å². The van der Waals surface area contributed by atoms with E-state index in [9.17, 15) is 57.4 Å². The fourth-order valence-corrected chi connectivity index (χ4v) is 10.9. The second-order valence-electron chi connectivity index (χ2n) is 7.77. The molecule has 2 saturated heterocycles. The van der Waals surface area contributed by atoms with Crippen LogP contribution in [0.3, 0.4) is 0 Å². The van der Waals surface area contributed by atoms with Crippen molar-refractivity contribution in [1.82, 2.24) is 10.0 Å². The van der Waals surface area contributed by atoms with Gasteiger partial charge in [0.05, 0.1) is 0 Å². The van der Waals surface area contributed by atoms with Crippen LogP contribution in [0.4, 0.5) is 0 Å². The number of rotatable bonds is 7. The van der Waals surface area contributed by atoms with Crippen molar-refractivity contribution in [2.75, 3.05) is 26.2 Å². The van der Waals surface area contributed by atoms with Gasteiger partial charge in [0.2, 0.25) is 0 Å². The van der Waals surface area contributed by atoms with Crippen LogP contribution in [0.5, 0.6) is 0 Å². The molecule has 0 aliphatic carbocycles. The van der Waals surface area contributed by atoms with E-state index < -0.39 is 53.0 Å². The van der Waals surface area contributed by atoms with Crippen molar-refractivity contribution >= 4 is 30.4 Å². The van der Waals surface area contributed by atoms with Crippen molar-refractivity contribution in [2.45, 2.75) is 36.5 Å². The van der Waals surface area contributed by atoms with E-state index in [1.807, 2.05) is 10.0 Å². The first-order valence-electron chi connectivity index (χ1n) is 9.13.